The minimum atomic E-state index is -0.0316. The van der Waals surface area contributed by atoms with E-state index >= 15 is 0 Å². The number of anilines is 1. The summed E-state index contributed by atoms with van der Waals surface area (Å²) in [5, 5.41) is 16.9. The first-order valence-electron chi connectivity index (χ1n) is 7.10. The maximum Gasteiger partial charge on any atom is 0.254 e. The Morgan fingerprint density at radius 2 is 1.95 bits per heavy atom. The molecular formula is C16H15N5O. The Balaban J connectivity index is 1.66. The summed E-state index contributed by atoms with van der Waals surface area (Å²) in [7, 11) is 0. The number of benzene rings is 1. The molecule has 6 nitrogen and oxygen atoms in total. The zero-order valence-electron chi connectivity index (χ0n) is 12.0. The molecule has 0 saturated carbocycles. The molecule has 1 aromatic carbocycles. The number of rotatable bonds is 2. The van der Waals surface area contributed by atoms with Crippen LogP contribution in [0.25, 0.3) is 0 Å². The molecule has 1 aromatic heterocycles. The van der Waals surface area contributed by atoms with Gasteiger partial charge in [0.15, 0.2) is 5.82 Å². The smallest absolute Gasteiger partial charge is 0.254 e. The first-order valence-corrected chi connectivity index (χ1v) is 7.10. The van der Waals surface area contributed by atoms with E-state index in [1.165, 1.54) is 0 Å². The minimum absolute atomic E-state index is 0.0316. The van der Waals surface area contributed by atoms with Crippen molar-refractivity contribution in [1.29, 1.82) is 5.26 Å². The van der Waals surface area contributed by atoms with Gasteiger partial charge < -0.3 is 9.80 Å². The van der Waals surface area contributed by atoms with Gasteiger partial charge in [-0.15, -0.1) is 5.10 Å². The van der Waals surface area contributed by atoms with Crippen LogP contribution in [-0.2, 0) is 0 Å². The van der Waals surface area contributed by atoms with Crippen molar-refractivity contribution in [2.24, 2.45) is 0 Å². The van der Waals surface area contributed by atoms with Gasteiger partial charge in [0.1, 0.15) is 0 Å². The average molecular weight is 293 g/mol. The molecule has 0 N–H and O–H groups in total. The number of amides is 1. The molecule has 0 atom stereocenters. The summed E-state index contributed by atoms with van der Waals surface area (Å²) in [5.41, 5.74) is 1.07. The van der Waals surface area contributed by atoms with Crippen molar-refractivity contribution in [2.45, 2.75) is 0 Å². The third-order valence-corrected chi connectivity index (χ3v) is 3.69. The monoisotopic (exact) mass is 293 g/mol. The first kappa shape index (κ1) is 14.0. The third kappa shape index (κ3) is 2.88. The number of nitriles is 1. The number of hydrogen-bond donors (Lipinski definition) is 0. The zero-order chi connectivity index (χ0) is 15.4. The summed E-state index contributed by atoms with van der Waals surface area (Å²) in [6.45, 7) is 2.71. The molecule has 0 spiro atoms. The van der Waals surface area contributed by atoms with Crippen LogP contribution in [-0.4, -0.2) is 47.2 Å². The highest BCUT2D eigenvalue weighted by Gasteiger charge is 2.23. The van der Waals surface area contributed by atoms with Gasteiger partial charge in [-0.05, 0) is 30.3 Å². The number of carbonyl (C=O) groups is 1. The Morgan fingerprint density at radius 3 is 2.64 bits per heavy atom. The minimum Gasteiger partial charge on any atom is -0.352 e. The standard InChI is InChI=1S/C16H15N5O/c17-12-13-3-1-4-14(11-13)16(22)21-9-7-20(8-10-21)15-5-2-6-18-19-15/h1-6,11H,7-10H2. The van der Waals surface area contributed by atoms with Gasteiger partial charge in [0, 0.05) is 37.9 Å². The number of aromatic nitrogens is 2. The molecule has 1 amide bonds. The predicted octanol–water partition coefficient (Wildman–Crippen LogP) is 1.31. The molecule has 2 aromatic rings. The molecule has 1 saturated heterocycles. The fourth-order valence-corrected chi connectivity index (χ4v) is 2.51. The van der Waals surface area contributed by atoms with Crippen LogP contribution in [0.1, 0.15) is 15.9 Å². The van der Waals surface area contributed by atoms with E-state index in [9.17, 15) is 4.79 Å². The van der Waals surface area contributed by atoms with Crippen LogP contribution >= 0.6 is 0 Å². The van der Waals surface area contributed by atoms with Crippen molar-refractivity contribution in [1.82, 2.24) is 15.1 Å². The Morgan fingerprint density at radius 1 is 1.14 bits per heavy atom. The first-order chi connectivity index (χ1) is 10.8. The quantitative estimate of drug-likeness (QED) is 0.834. The maximum absolute atomic E-state index is 12.5. The van der Waals surface area contributed by atoms with Gasteiger partial charge in [0.2, 0.25) is 0 Å². The molecule has 6 heteroatoms. The molecule has 2 heterocycles. The fourth-order valence-electron chi connectivity index (χ4n) is 2.51. The van der Waals surface area contributed by atoms with E-state index in [1.807, 2.05) is 17.0 Å². The number of nitrogens with zero attached hydrogens (tertiary/aromatic N) is 5. The molecule has 3 rings (SSSR count). The lowest BCUT2D eigenvalue weighted by Gasteiger charge is -2.35. The Kier molecular flexibility index (Phi) is 3.97. The SMILES string of the molecule is N#Cc1cccc(C(=O)N2CCN(c3cccnn3)CC2)c1. The highest BCUT2D eigenvalue weighted by Crippen LogP contribution is 2.14. The Hall–Kier alpha value is -2.94. The lowest BCUT2D eigenvalue weighted by atomic mass is 10.1. The molecule has 110 valence electrons. The van der Waals surface area contributed by atoms with Gasteiger partial charge in [-0.1, -0.05) is 6.07 Å². The van der Waals surface area contributed by atoms with Crippen molar-refractivity contribution >= 4 is 11.7 Å². The van der Waals surface area contributed by atoms with Gasteiger partial charge in [0.25, 0.3) is 5.91 Å². The lowest BCUT2D eigenvalue weighted by Crippen LogP contribution is -2.49. The number of hydrogen-bond acceptors (Lipinski definition) is 5. The highest BCUT2D eigenvalue weighted by atomic mass is 16.2. The second-order valence-corrected chi connectivity index (χ2v) is 5.05. The second-order valence-electron chi connectivity index (χ2n) is 5.05. The van der Waals surface area contributed by atoms with Crippen LogP contribution in [0.4, 0.5) is 5.82 Å². The second kappa shape index (κ2) is 6.22. The van der Waals surface area contributed by atoms with Crippen LogP contribution < -0.4 is 4.90 Å². The van der Waals surface area contributed by atoms with Gasteiger partial charge in [-0.25, -0.2) is 0 Å². The number of carbonyl (C=O) groups excluding carboxylic acids is 1. The van der Waals surface area contributed by atoms with E-state index in [2.05, 4.69) is 21.2 Å². The third-order valence-electron chi connectivity index (χ3n) is 3.69. The maximum atomic E-state index is 12.5. The van der Waals surface area contributed by atoms with Crippen LogP contribution in [0.2, 0.25) is 0 Å². The van der Waals surface area contributed by atoms with E-state index < -0.39 is 0 Å². The van der Waals surface area contributed by atoms with E-state index in [4.69, 9.17) is 5.26 Å². The summed E-state index contributed by atoms with van der Waals surface area (Å²) in [5.74, 6) is 0.803. The van der Waals surface area contributed by atoms with Crippen LogP contribution in [0, 0.1) is 11.3 Å². The molecule has 1 aliphatic rings. The fraction of sp³-hybridized carbons (Fsp3) is 0.250. The van der Waals surface area contributed by atoms with Crippen molar-refractivity contribution < 1.29 is 4.79 Å². The topological polar surface area (TPSA) is 73.1 Å². The van der Waals surface area contributed by atoms with Crippen molar-refractivity contribution in [3.8, 4) is 6.07 Å². The molecule has 0 bridgehead atoms. The molecule has 0 aliphatic carbocycles. The summed E-state index contributed by atoms with van der Waals surface area (Å²) in [6.07, 6.45) is 1.64. The normalized spacial score (nSPS) is 14.5. The average Bonchev–Trinajstić information content (AvgIpc) is 2.62. The van der Waals surface area contributed by atoms with Crippen LogP contribution in [0.5, 0.6) is 0 Å². The van der Waals surface area contributed by atoms with Gasteiger partial charge >= 0.3 is 0 Å². The summed E-state index contributed by atoms with van der Waals surface area (Å²) < 4.78 is 0. The summed E-state index contributed by atoms with van der Waals surface area (Å²) in [6, 6.07) is 12.7. The summed E-state index contributed by atoms with van der Waals surface area (Å²) in [4.78, 5) is 16.4. The van der Waals surface area contributed by atoms with E-state index in [0.717, 1.165) is 18.9 Å². The molecule has 1 fully saturated rings. The summed E-state index contributed by atoms with van der Waals surface area (Å²) >= 11 is 0. The highest BCUT2D eigenvalue weighted by molar-refractivity contribution is 5.94. The van der Waals surface area contributed by atoms with Crippen molar-refractivity contribution in [3.63, 3.8) is 0 Å². The van der Waals surface area contributed by atoms with Gasteiger partial charge in [-0.3, -0.25) is 4.79 Å². The molecular weight excluding hydrogens is 278 g/mol. The Labute approximate surface area is 128 Å². The molecule has 22 heavy (non-hydrogen) atoms. The zero-order valence-corrected chi connectivity index (χ0v) is 12.0. The van der Waals surface area contributed by atoms with Gasteiger partial charge in [-0.2, -0.15) is 10.4 Å². The predicted molar refractivity (Wildman–Crippen MR) is 81.3 cm³/mol. The molecule has 0 radical (unpaired) electrons. The number of piperazine rings is 1. The van der Waals surface area contributed by atoms with Crippen LogP contribution in [0.3, 0.4) is 0 Å². The Bertz CT molecular complexity index is 702. The largest absolute Gasteiger partial charge is 0.352 e. The van der Waals surface area contributed by atoms with E-state index in [1.54, 1.807) is 30.5 Å². The van der Waals surface area contributed by atoms with Gasteiger partial charge in [0.05, 0.1) is 11.6 Å². The molecule has 0 unspecified atom stereocenters. The van der Waals surface area contributed by atoms with Crippen molar-refractivity contribution in [3.05, 3.63) is 53.7 Å². The van der Waals surface area contributed by atoms with E-state index in [-0.39, 0.29) is 5.91 Å². The van der Waals surface area contributed by atoms with Crippen molar-refractivity contribution in [2.75, 3.05) is 31.1 Å². The lowest BCUT2D eigenvalue weighted by molar-refractivity contribution is 0.0746. The van der Waals surface area contributed by atoms with E-state index in [0.29, 0.717) is 24.2 Å². The molecule has 1 aliphatic heterocycles. The van der Waals surface area contributed by atoms with Crippen LogP contribution in [0.15, 0.2) is 42.6 Å².